The summed E-state index contributed by atoms with van der Waals surface area (Å²) in [5.41, 5.74) is 0. The molecule has 0 aromatic carbocycles. The van der Waals surface area contributed by atoms with Gasteiger partial charge in [0, 0.05) is 32.0 Å². The van der Waals surface area contributed by atoms with E-state index in [1.165, 1.54) is 32.2 Å². The molecule has 1 aliphatic carbocycles. The summed E-state index contributed by atoms with van der Waals surface area (Å²) < 4.78 is 31.3. The maximum Gasteiger partial charge on any atom is 0.248 e. The molecule has 1 N–H and O–H groups in total. The molecule has 0 aromatic rings. The van der Waals surface area contributed by atoms with Gasteiger partial charge in [0.05, 0.1) is 6.61 Å². The molecule has 0 unspecified atom stereocenters. The highest BCUT2D eigenvalue weighted by Crippen LogP contribution is 2.42. The number of rotatable bonds is 5. The summed E-state index contributed by atoms with van der Waals surface area (Å²) in [5, 5.41) is 3.42. The van der Waals surface area contributed by atoms with E-state index in [1.807, 2.05) is 0 Å². The maximum absolute atomic E-state index is 12.8. The molecule has 1 atom stereocenters. The van der Waals surface area contributed by atoms with Gasteiger partial charge in [0.2, 0.25) is 5.92 Å². The van der Waals surface area contributed by atoms with Gasteiger partial charge in [-0.15, -0.1) is 0 Å². The van der Waals surface area contributed by atoms with Crippen molar-refractivity contribution in [1.82, 2.24) is 10.2 Å². The molecule has 3 rings (SSSR count). The Bertz CT molecular complexity index is 326. The first-order chi connectivity index (χ1) is 10.1. The second-order valence-electron chi connectivity index (χ2n) is 7.15. The van der Waals surface area contributed by atoms with Gasteiger partial charge in [0.1, 0.15) is 0 Å². The zero-order chi connectivity index (χ0) is 14.7. The Morgan fingerprint density at radius 3 is 2.48 bits per heavy atom. The molecule has 0 spiro atoms. The highest BCUT2D eigenvalue weighted by atomic mass is 19.3. The molecule has 2 aliphatic heterocycles. The normalized spacial score (nSPS) is 32.0. The fraction of sp³-hybridized carbons (Fsp3) is 1.00. The van der Waals surface area contributed by atoms with Gasteiger partial charge in [0.25, 0.3) is 0 Å². The molecule has 5 heteroatoms. The summed E-state index contributed by atoms with van der Waals surface area (Å²) in [6.07, 6.45) is 5.04. The highest BCUT2D eigenvalue weighted by Gasteiger charge is 2.45. The van der Waals surface area contributed by atoms with Crippen molar-refractivity contribution in [2.75, 3.05) is 39.4 Å². The molecule has 21 heavy (non-hydrogen) atoms. The first kappa shape index (κ1) is 15.6. The molecule has 1 saturated carbocycles. The van der Waals surface area contributed by atoms with Crippen molar-refractivity contribution in [1.29, 1.82) is 0 Å². The number of nitrogens with one attached hydrogen (secondary N) is 1. The van der Waals surface area contributed by atoms with Crippen LogP contribution >= 0.6 is 0 Å². The van der Waals surface area contributed by atoms with E-state index >= 15 is 0 Å². The Morgan fingerprint density at radius 1 is 1.05 bits per heavy atom. The highest BCUT2D eigenvalue weighted by molar-refractivity contribution is 4.86. The van der Waals surface area contributed by atoms with Crippen LogP contribution in [-0.2, 0) is 4.74 Å². The van der Waals surface area contributed by atoms with Crippen molar-refractivity contribution in [3.63, 3.8) is 0 Å². The summed E-state index contributed by atoms with van der Waals surface area (Å²) >= 11 is 0. The molecule has 0 bridgehead atoms. The number of alkyl halides is 2. The third-order valence-corrected chi connectivity index (χ3v) is 5.26. The Kier molecular flexibility index (Phi) is 5.12. The molecule has 0 radical (unpaired) electrons. The number of piperidine rings is 2. The molecule has 3 fully saturated rings. The quantitative estimate of drug-likeness (QED) is 0.844. The van der Waals surface area contributed by atoms with E-state index in [9.17, 15) is 8.78 Å². The van der Waals surface area contributed by atoms with Gasteiger partial charge >= 0.3 is 0 Å². The van der Waals surface area contributed by atoms with Gasteiger partial charge in [-0.1, -0.05) is 0 Å². The molecule has 0 amide bonds. The lowest BCUT2D eigenvalue weighted by atomic mass is 9.82. The van der Waals surface area contributed by atoms with Crippen molar-refractivity contribution >= 4 is 0 Å². The summed E-state index contributed by atoms with van der Waals surface area (Å²) in [5.74, 6) is -1.73. The number of ether oxygens (including phenoxy) is 1. The molecular formula is C16H28F2N2O. The van der Waals surface area contributed by atoms with Crippen LogP contribution in [0, 0.1) is 11.8 Å². The van der Waals surface area contributed by atoms with Crippen LogP contribution < -0.4 is 5.32 Å². The second kappa shape index (κ2) is 6.88. The predicted octanol–water partition coefficient (Wildman–Crippen LogP) is 2.51. The fourth-order valence-electron chi connectivity index (χ4n) is 4.04. The first-order valence-corrected chi connectivity index (χ1v) is 8.53. The summed E-state index contributed by atoms with van der Waals surface area (Å²) in [4.78, 5) is 2.63. The molecule has 3 nitrogen and oxygen atoms in total. The minimum atomic E-state index is -2.41. The van der Waals surface area contributed by atoms with Crippen LogP contribution in [0.2, 0.25) is 0 Å². The van der Waals surface area contributed by atoms with E-state index in [0.717, 1.165) is 32.3 Å². The second-order valence-corrected chi connectivity index (χ2v) is 7.15. The lowest BCUT2D eigenvalue weighted by molar-refractivity contribution is -0.130. The predicted molar refractivity (Wildman–Crippen MR) is 78.7 cm³/mol. The topological polar surface area (TPSA) is 24.5 Å². The maximum atomic E-state index is 12.8. The van der Waals surface area contributed by atoms with E-state index < -0.39 is 5.92 Å². The van der Waals surface area contributed by atoms with Crippen LogP contribution in [0.15, 0.2) is 0 Å². The van der Waals surface area contributed by atoms with E-state index in [4.69, 9.17) is 4.74 Å². The van der Waals surface area contributed by atoms with Crippen molar-refractivity contribution in [2.45, 2.75) is 50.5 Å². The Morgan fingerprint density at radius 2 is 1.76 bits per heavy atom. The molecular weight excluding hydrogens is 274 g/mol. The number of hydrogen-bond acceptors (Lipinski definition) is 3. The standard InChI is InChI=1S/C16H28F2N2O/c17-16(18)8-14(9-16)12-21-11-13-2-1-7-20(10-13)15-3-5-19-6-4-15/h13-15,19H,1-12H2/t13-/m1/s1. The third-order valence-electron chi connectivity index (χ3n) is 5.26. The summed E-state index contributed by atoms with van der Waals surface area (Å²) in [7, 11) is 0. The zero-order valence-corrected chi connectivity index (χ0v) is 12.8. The molecule has 2 saturated heterocycles. The summed E-state index contributed by atoms with van der Waals surface area (Å²) in [6, 6.07) is 0.736. The lowest BCUT2D eigenvalue weighted by Crippen LogP contribution is -2.48. The SMILES string of the molecule is FC1(F)CC(COC[C@@H]2CCCN(C3CCNCC3)C2)C1. The van der Waals surface area contributed by atoms with Gasteiger partial charge in [0.15, 0.2) is 0 Å². The van der Waals surface area contributed by atoms with Gasteiger partial charge < -0.3 is 10.1 Å². The third kappa shape index (κ3) is 4.36. The molecule has 2 heterocycles. The van der Waals surface area contributed by atoms with Crippen molar-refractivity contribution in [3.05, 3.63) is 0 Å². The van der Waals surface area contributed by atoms with E-state index in [-0.39, 0.29) is 18.8 Å². The zero-order valence-electron chi connectivity index (χ0n) is 12.8. The number of nitrogens with zero attached hydrogens (tertiary/aromatic N) is 1. The Balaban J connectivity index is 1.34. The largest absolute Gasteiger partial charge is 0.381 e. The molecule has 122 valence electrons. The first-order valence-electron chi connectivity index (χ1n) is 8.53. The van der Waals surface area contributed by atoms with E-state index in [0.29, 0.717) is 12.5 Å². The van der Waals surface area contributed by atoms with Crippen LogP contribution in [0.5, 0.6) is 0 Å². The van der Waals surface area contributed by atoms with Crippen LogP contribution in [0.3, 0.4) is 0 Å². The van der Waals surface area contributed by atoms with Gasteiger partial charge in [-0.2, -0.15) is 0 Å². The number of halogens is 2. The molecule has 3 aliphatic rings. The van der Waals surface area contributed by atoms with Crippen molar-refractivity contribution in [2.24, 2.45) is 11.8 Å². The Labute approximate surface area is 126 Å². The van der Waals surface area contributed by atoms with Gasteiger partial charge in [-0.3, -0.25) is 4.90 Å². The van der Waals surface area contributed by atoms with Gasteiger partial charge in [-0.25, -0.2) is 8.78 Å². The number of likely N-dealkylation sites (tertiary alicyclic amines) is 1. The van der Waals surface area contributed by atoms with Crippen LogP contribution in [-0.4, -0.2) is 56.3 Å². The van der Waals surface area contributed by atoms with E-state index in [2.05, 4.69) is 10.2 Å². The average molecular weight is 302 g/mol. The minimum Gasteiger partial charge on any atom is -0.381 e. The monoisotopic (exact) mass is 302 g/mol. The lowest BCUT2D eigenvalue weighted by Gasteiger charge is -2.40. The van der Waals surface area contributed by atoms with Crippen molar-refractivity contribution < 1.29 is 13.5 Å². The Hall–Kier alpha value is -0.260. The minimum absolute atomic E-state index is 0.0267. The van der Waals surface area contributed by atoms with Crippen LogP contribution in [0.25, 0.3) is 0 Å². The summed E-state index contributed by atoms with van der Waals surface area (Å²) in [6.45, 7) is 5.90. The average Bonchev–Trinajstić information content (AvgIpc) is 2.47. The van der Waals surface area contributed by atoms with Crippen LogP contribution in [0.1, 0.15) is 38.5 Å². The van der Waals surface area contributed by atoms with Crippen molar-refractivity contribution in [3.8, 4) is 0 Å². The fourth-order valence-corrected chi connectivity index (χ4v) is 4.04. The number of hydrogen-bond donors (Lipinski definition) is 1. The van der Waals surface area contributed by atoms with E-state index in [1.54, 1.807) is 0 Å². The van der Waals surface area contributed by atoms with Gasteiger partial charge in [-0.05, 0) is 57.2 Å². The molecule has 0 aromatic heterocycles. The smallest absolute Gasteiger partial charge is 0.248 e. The van der Waals surface area contributed by atoms with Crippen LogP contribution in [0.4, 0.5) is 8.78 Å².